The molecule has 0 fully saturated rings. The molecule has 0 N–H and O–H groups in total. The number of hydrogen-bond donors (Lipinski definition) is 0. The summed E-state index contributed by atoms with van der Waals surface area (Å²) in [6.07, 6.45) is 3.25. The molecule has 1 unspecified atom stereocenters. The summed E-state index contributed by atoms with van der Waals surface area (Å²) in [7, 11) is -3.83. The standard InChI is InChI=1S/C23H31NO6S/c1-6-17-7-10-19(24-16-17)13-14-28-20-11-8-18(9-12-20)15-21(30-31(5,26)27)22(25)29-23(2,3)4/h7-12,16,21H,6,13-15H2,1-5H3. The lowest BCUT2D eigenvalue weighted by atomic mass is 10.1. The molecule has 8 heteroatoms. The Labute approximate surface area is 184 Å². The number of pyridine rings is 1. The number of aryl methyl sites for hydroxylation is 1. The predicted molar refractivity (Wildman–Crippen MR) is 119 cm³/mol. The van der Waals surface area contributed by atoms with Crippen molar-refractivity contribution in [3.63, 3.8) is 0 Å². The van der Waals surface area contributed by atoms with Crippen molar-refractivity contribution in [2.75, 3.05) is 12.9 Å². The minimum Gasteiger partial charge on any atom is -0.493 e. The fraction of sp³-hybridized carbons (Fsp3) is 0.478. The van der Waals surface area contributed by atoms with Crippen LogP contribution in [0.15, 0.2) is 42.6 Å². The number of rotatable bonds is 10. The van der Waals surface area contributed by atoms with Gasteiger partial charge in [0.1, 0.15) is 11.4 Å². The lowest BCUT2D eigenvalue weighted by molar-refractivity contribution is -0.163. The Balaban J connectivity index is 1.95. The molecular formula is C23H31NO6S. The summed E-state index contributed by atoms with van der Waals surface area (Å²) in [6, 6.07) is 11.2. The molecule has 170 valence electrons. The molecule has 1 aromatic heterocycles. The third-order valence-corrected chi connectivity index (χ3v) is 4.81. The minimum atomic E-state index is -3.83. The molecule has 2 aromatic rings. The zero-order valence-corrected chi connectivity index (χ0v) is 19.6. The highest BCUT2D eigenvalue weighted by Gasteiger charge is 2.29. The Bertz CT molecular complexity index is 947. The van der Waals surface area contributed by atoms with Gasteiger partial charge in [0, 0.05) is 24.7 Å². The monoisotopic (exact) mass is 449 g/mol. The van der Waals surface area contributed by atoms with E-state index in [9.17, 15) is 13.2 Å². The third kappa shape index (κ3) is 9.48. The van der Waals surface area contributed by atoms with Gasteiger partial charge in [0.2, 0.25) is 0 Å². The number of benzene rings is 1. The maximum atomic E-state index is 12.4. The van der Waals surface area contributed by atoms with E-state index in [2.05, 4.69) is 18.0 Å². The summed E-state index contributed by atoms with van der Waals surface area (Å²) in [6.45, 7) is 7.70. The molecule has 0 radical (unpaired) electrons. The Hall–Kier alpha value is -2.45. The zero-order chi connectivity index (χ0) is 23.1. The van der Waals surface area contributed by atoms with Gasteiger partial charge in [-0.2, -0.15) is 8.42 Å². The van der Waals surface area contributed by atoms with Gasteiger partial charge >= 0.3 is 5.97 Å². The first-order chi connectivity index (χ1) is 14.4. The summed E-state index contributed by atoms with van der Waals surface area (Å²) in [5, 5.41) is 0. The molecule has 0 bridgehead atoms. The average Bonchev–Trinajstić information content (AvgIpc) is 2.67. The van der Waals surface area contributed by atoms with Crippen molar-refractivity contribution in [2.24, 2.45) is 0 Å². The summed E-state index contributed by atoms with van der Waals surface area (Å²) in [5.74, 6) is -0.0494. The van der Waals surface area contributed by atoms with Crippen LogP contribution in [0.2, 0.25) is 0 Å². The molecule has 0 amide bonds. The molecule has 1 aromatic carbocycles. The smallest absolute Gasteiger partial charge is 0.337 e. The third-order valence-electron chi connectivity index (χ3n) is 4.23. The van der Waals surface area contributed by atoms with E-state index in [0.29, 0.717) is 18.8 Å². The zero-order valence-electron chi connectivity index (χ0n) is 18.8. The van der Waals surface area contributed by atoms with Crippen molar-refractivity contribution in [1.82, 2.24) is 4.98 Å². The Morgan fingerprint density at radius 3 is 2.23 bits per heavy atom. The number of carbonyl (C=O) groups excluding carboxylic acids is 1. The first-order valence-corrected chi connectivity index (χ1v) is 12.0. The highest BCUT2D eigenvalue weighted by atomic mass is 32.2. The van der Waals surface area contributed by atoms with Crippen molar-refractivity contribution in [3.05, 3.63) is 59.4 Å². The molecule has 0 aliphatic carbocycles. The SMILES string of the molecule is CCc1ccc(CCOc2ccc(CC(OS(C)(=O)=O)C(=O)OC(C)(C)C)cc2)nc1. The van der Waals surface area contributed by atoms with E-state index in [4.69, 9.17) is 13.7 Å². The number of esters is 1. The highest BCUT2D eigenvalue weighted by molar-refractivity contribution is 7.86. The summed E-state index contributed by atoms with van der Waals surface area (Å²) in [4.78, 5) is 16.8. The first kappa shape index (κ1) is 24.8. The molecule has 0 aliphatic rings. The second-order valence-corrected chi connectivity index (χ2v) is 9.88. The number of aromatic nitrogens is 1. The van der Waals surface area contributed by atoms with Crippen LogP contribution < -0.4 is 4.74 Å². The van der Waals surface area contributed by atoms with E-state index < -0.39 is 27.8 Å². The van der Waals surface area contributed by atoms with E-state index in [0.717, 1.165) is 23.9 Å². The van der Waals surface area contributed by atoms with Gasteiger partial charge in [0.15, 0.2) is 6.10 Å². The van der Waals surface area contributed by atoms with Crippen LogP contribution in [0.25, 0.3) is 0 Å². The van der Waals surface area contributed by atoms with Crippen LogP contribution in [0.1, 0.15) is 44.5 Å². The van der Waals surface area contributed by atoms with Gasteiger partial charge < -0.3 is 9.47 Å². The highest BCUT2D eigenvalue weighted by Crippen LogP contribution is 2.18. The fourth-order valence-corrected chi connectivity index (χ4v) is 3.33. The van der Waals surface area contributed by atoms with Crippen LogP contribution >= 0.6 is 0 Å². The van der Waals surface area contributed by atoms with Crippen molar-refractivity contribution < 1.29 is 26.9 Å². The molecule has 2 rings (SSSR count). The fourth-order valence-electron chi connectivity index (χ4n) is 2.76. The molecule has 0 saturated carbocycles. The van der Waals surface area contributed by atoms with Crippen LogP contribution in [0.3, 0.4) is 0 Å². The predicted octanol–water partition coefficient (Wildman–Crippen LogP) is 3.49. The van der Waals surface area contributed by atoms with E-state index in [-0.39, 0.29) is 6.42 Å². The van der Waals surface area contributed by atoms with Crippen molar-refractivity contribution in [2.45, 2.75) is 58.7 Å². The number of carbonyl (C=O) groups is 1. The molecule has 7 nitrogen and oxygen atoms in total. The van der Waals surface area contributed by atoms with Gasteiger partial charge in [-0.3, -0.25) is 9.17 Å². The van der Waals surface area contributed by atoms with E-state index >= 15 is 0 Å². The lowest BCUT2D eigenvalue weighted by Crippen LogP contribution is -2.36. The normalized spacial score (nSPS) is 12.9. The molecule has 0 spiro atoms. The largest absolute Gasteiger partial charge is 0.493 e. The van der Waals surface area contributed by atoms with Crippen LogP contribution in [-0.4, -0.2) is 43.9 Å². The number of ether oxygens (including phenoxy) is 2. The van der Waals surface area contributed by atoms with Gasteiger partial charge in [0.05, 0.1) is 12.9 Å². The van der Waals surface area contributed by atoms with Gasteiger partial charge in [-0.15, -0.1) is 0 Å². The van der Waals surface area contributed by atoms with Gasteiger partial charge in [-0.05, 0) is 56.5 Å². The molecular weight excluding hydrogens is 418 g/mol. The van der Waals surface area contributed by atoms with Gasteiger partial charge in [-0.25, -0.2) is 4.79 Å². The molecule has 0 aliphatic heterocycles. The van der Waals surface area contributed by atoms with Crippen LogP contribution in [-0.2, 0) is 43.1 Å². The Morgan fingerprint density at radius 1 is 1.06 bits per heavy atom. The Morgan fingerprint density at radius 2 is 1.71 bits per heavy atom. The minimum absolute atomic E-state index is 0.0654. The molecule has 1 atom stereocenters. The van der Waals surface area contributed by atoms with Crippen LogP contribution in [0, 0.1) is 0 Å². The molecule has 1 heterocycles. The van der Waals surface area contributed by atoms with E-state index in [1.165, 1.54) is 5.56 Å². The quantitative estimate of drug-likeness (QED) is 0.405. The maximum Gasteiger partial charge on any atom is 0.337 e. The second kappa shape index (κ2) is 10.7. The average molecular weight is 450 g/mol. The van der Waals surface area contributed by atoms with Gasteiger partial charge in [-0.1, -0.05) is 25.1 Å². The van der Waals surface area contributed by atoms with Crippen molar-refractivity contribution >= 4 is 16.1 Å². The molecule has 0 saturated heterocycles. The maximum absolute atomic E-state index is 12.4. The van der Waals surface area contributed by atoms with Crippen molar-refractivity contribution in [3.8, 4) is 5.75 Å². The lowest BCUT2D eigenvalue weighted by Gasteiger charge is -2.23. The number of hydrogen-bond acceptors (Lipinski definition) is 7. The molecule has 31 heavy (non-hydrogen) atoms. The summed E-state index contributed by atoms with van der Waals surface area (Å²) < 4.78 is 39.2. The first-order valence-electron chi connectivity index (χ1n) is 10.2. The van der Waals surface area contributed by atoms with Crippen LogP contribution in [0.4, 0.5) is 0 Å². The topological polar surface area (TPSA) is 91.8 Å². The summed E-state index contributed by atoms with van der Waals surface area (Å²) in [5.41, 5.74) is 2.14. The van der Waals surface area contributed by atoms with Crippen LogP contribution in [0.5, 0.6) is 5.75 Å². The summed E-state index contributed by atoms with van der Waals surface area (Å²) >= 11 is 0. The van der Waals surface area contributed by atoms with E-state index in [1.807, 2.05) is 12.3 Å². The van der Waals surface area contributed by atoms with Crippen molar-refractivity contribution in [1.29, 1.82) is 0 Å². The Kier molecular flexibility index (Phi) is 8.59. The number of nitrogens with zero attached hydrogens (tertiary/aromatic N) is 1. The van der Waals surface area contributed by atoms with E-state index in [1.54, 1.807) is 45.0 Å². The van der Waals surface area contributed by atoms with Gasteiger partial charge in [0.25, 0.3) is 10.1 Å². The second-order valence-electron chi connectivity index (χ2n) is 8.28.